The van der Waals surface area contributed by atoms with Crippen LogP contribution in [0.25, 0.3) is 0 Å². The highest BCUT2D eigenvalue weighted by Crippen LogP contribution is 2.30. The molecule has 20 heavy (non-hydrogen) atoms. The quantitative estimate of drug-likeness (QED) is 0.828. The minimum absolute atomic E-state index is 0.304. The zero-order valence-corrected chi connectivity index (χ0v) is 13.7. The largest absolute Gasteiger partial charge is 0.326 e. The highest BCUT2D eigenvalue weighted by molar-refractivity contribution is 7.99. The molecule has 0 fully saturated rings. The maximum absolute atomic E-state index is 12.5. The van der Waals surface area contributed by atoms with E-state index in [-0.39, 0.29) is 0 Å². The maximum Gasteiger partial charge on any atom is 0.263 e. The molecular formula is C13H16N2O2S3. The molecule has 0 amide bonds. The number of rotatable bonds is 5. The third-order valence-electron chi connectivity index (χ3n) is 2.77. The summed E-state index contributed by atoms with van der Waals surface area (Å²) in [4.78, 5) is 2.81. The first-order chi connectivity index (χ1) is 9.47. The van der Waals surface area contributed by atoms with Gasteiger partial charge in [0.1, 0.15) is 4.90 Å². The van der Waals surface area contributed by atoms with Crippen molar-refractivity contribution in [3.8, 4) is 0 Å². The van der Waals surface area contributed by atoms with E-state index in [1.807, 2.05) is 24.5 Å². The second kappa shape index (κ2) is 6.17. The van der Waals surface area contributed by atoms with Crippen molar-refractivity contribution in [2.24, 2.45) is 5.73 Å². The second-order valence-corrected chi connectivity index (χ2v) is 7.98. The van der Waals surface area contributed by atoms with E-state index in [0.717, 1.165) is 14.6 Å². The van der Waals surface area contributed by atoms with Crippen LogP contribution in [0, 0.1) is 6.92 Å². The summed E-state index contributed by atoms with van der Waals surface area (Å²) in [5, 5.41) is 0. The Morgan fingerprint density at radius 3 is 2.65 bits per heavy atom. The Morgan fingerprint density at radius 2 is 2.05 bits per heavy atom. The van der Waals surface area contributed by atoms with Crippen molar-refractivity contribution < 1.29 is 8.42 Å². The molecule has 0 aliphatic rings. The van der Waals surface area contributed by atoms with Crippen molar-refractivity contribution in [1.82, 2.24) is 0 Å². The van der Waals surface area contributed by atoms with Crippen LogP contribution >= 0.6 is 23.1 Å². The van der Waals surface area contributed by atoms with E-state index in [1.165, 1.54) is 23.1 Å². The van der Waals surface area contributed by atoms with Gasteiger partial charge in [-0.2, -0.15) is 0 Å². The predicted molar refractivity (Wildman–Crippen MR) is 86.0 cm³/mol. The zero-order chi connectivity index (χ0) is 14.8. The molecule has 3 N–H and O–H groups in total. The molecule has 2 rings (SSSR count). The van der Waals surface area contributed by atoms with Gasteiger partial charge in [-0.25, -0.2) is 8.42 Å². The highest BCUT2D eigenvalue weighted by Gasteiger charge is 2.20. The number of aryl methyl sites for hydroxylation is 1. The number of thioether (sulfide) groups is 1. The van der Waals surface area contributed by atoms with E-state index in [0.29, 0.717) is 17.1 Å². The van der Waals surface area contributed by atoms with Crippen molar-refractivity contribution in [2.75, 3.05) is 11.0 Å². The van der Waals surface area contributed by atoms with Crippen LogP contribution < -0.4 is 10.5 Å². The van der Waals surface area contributed by atoms with Gasteiger partial charge in [-0.3, -0.25) is 4.72 Å². The van der Waals surface area contributed by atoms with Crippen molar-refractivity contribution in [2.45, 2.75) is 23.3 Å². The molecule has 2 aromatic rings. The first-order valence-electron chi connectivity index (χ1n) is 5.93. The smallest absolute Gasteiger partial charge is 0.263 e. The summed E-state index contributed by atoms with van der Waals surface area (Å²) in [6.07, 6.45) is 1.91. The molecular weight excluding hydrogens is 312 g/mol. The van der Waals surface area contributed by atoms with Gasteiger partial charge in [-0.05, 0) is 31.4 Å². The Hall–Kier alpha value is -1.02. The Kier molecular flexibility index (Phi) is 4.74. The molecule has 7 heteroatoms. The number of nitrogens with one attached hydrogen (secondary N) is 1. The molecule has 0 bridgehead atoms. The average Bonchev–Trinajstić information content (AvgIpc) is 2.81. The molecule has 0 unspecified atom stereocenters. The number of hydrogen-bond donors (Lipinski definition) is 2. The summed E-state index contributed by atoms with van der Waals surface area (Å²) in [6, 6.07) is 8.97. The lowest BCUT2D eigenvalue weighted by Crippen LogP contribution is -2.13. The van der Waals surface area contributed by atoms with Gasteiger partial charge < -0.3 is 5.73 Å². The van der Waals surface area contributed by atoms with Gasteiger partial charge >= 0.3 is 0 Å². The fourth-order valence-corrected chi connectivity index (χ4v) is 5.03. The van der Waals surface area contributed by atoms with E-state index in [2.05, 4.69) is 4.72 Å². The summed E-state index contributed by atoms with van der Waals surface area (Å²) in [5.41, 5.74) is 6.16. The molecule has 0 saturated carbocycles. The Morgan fingerprint density at radius 1 is 1.35 bits per heavy atom. The van der Waals surface area contributed by atoms with Gasteiger partial charge in [0.15, 0.2) is 0 Å². The van der Waals surface area contributed by atoms with Gasteiger partial charge in [0, 0.05) is 21.2 Å². The van der Waals surface area contributed by atoms with E-state index in [9.17, 15) is 8.42 Å². The minimum Gasteiger partial charge on any atom is -0.326 e. The number of para-hydroxylation sites is 1. The minimum atomic E-state index is -3.57. The summed E-state index contributed by atoms with van der Waals surface area (Å²) >= 11 is 2.91. The molecule has 1 aromatic heterocycles. The Labute approximate surface area is 127 Å². The summed E-state index contributed by atoms with van der Waals surface area (Å²) in [5.74, 6) is 0. The number of hydrogen-bond acceptors (Lipinski definition) is 5. The summed E-state index contributed by atoms with van der Waals surface area (Å²) in [7, 11) is -3.57. The molecule has 0 aliphatic heterocycles. The zero-order valence-electron chi connectivity index (χ0n) is 11.2. The lowest BCUT2D eigenvalue weighted by atomic mass is 10.3. The van der Waals surface area contributed by atoms with Crippen LogP contribution in [0.1, 0.15) is 9.75 Å². The topological polar surface area (TPSA) is 72.2 Å². The standard InChI is InChI=1S/C13H16N2O2S3/c1-9-13(7-10(8-14)19-9)20(16,17)15-11-5-3-4-6-12(11)18-2/h3-7,15H,8,14H2,1-2H3. The second-order valence-electron chi connectivity index (χ2n) is 4.14. The van der Waals surface area contributed by atoms with Gasteiger partial charge in [0.2, 0.25) is 0 Å². The van der Waals surface area contributed by atoms with Crippen molar-refractivity contribution in [3.05, 3.63) is 40.1 Å². The fourth-order valence-electron chi connectivity index (χ4n) is 1.82. The molecule has 108 valence electrons. The molecule has 0 saturated heterocycles. The Bertz CT molecular complexity index is 708. The first kappa shape index (κ1) is 15.4. The van der Waals surface area contributed by atoms with Crippen LogP contribution in [0.3, 0.4) is 0 Å². The van der Waals surface area contributed by atoms with Gasteiger partial charge in [0.05, 0.1) is 5.69 Å². The maximum atomic E-state index is 12.5. The third-order valence-corrected chi connectivity index (χ3v) is 6.25. The van der Waals surface area contributed by atoms with Gasteiger partial charge in [0.25, 0.3) is 10.0 Å². The summed E-state index contributed by atoms with van der Waals surface area (Å²) < 4.78 is 27.6. The average molecular weight is 328 g/mol. The van der Waals surface area contributed by atoms with Crippen LogP contribution in [0.5, 0.6) is 0 Å². The molecule has 0 radical (unpaired) electrons. The van der Waals surface area contributed by atoms with E-state index in [1.54, 1.807) is 19.1 Å². The number of benzene rings is 1. The van der Waals surface area contributed by atoms with Gasteiger partial charge in [-0.1, -0.05) is 12.1 Å². The van der Waals surface area contributed by atoms with Gasteiger partial charge in [-0.15, -0.1) is 23.1 Å². The van der Waals surface area contributed by atoms with Crippen LogP contribution in [0.15, 0.2) is 40.1 Å². The third kappa shape index (κ3) is 3.17. The van der Waals surface area contributed by atoms with Crippen molar-refractivity contribution >= 4 is 38.8 Å². The molecule has 1 heterocycles. The number of nitrogens with two attached hydrogens (primary N) is 1. The summed E-state index contributed by atoms with van der Waals surface area (Å²) in [6.45, 7) is 2.14. The fraction of sp³-hybridized carbons (Fsp3) is 0.231. The van der Waals surface area contributed by atoms with E-state index < -0.39 is 10.0 Å². The number of anilines is 1. The van der Waals surface area contributed by atoms with E-state index in [4.69, 9.17) is 5.73 Å². The van der Waals surface area contributed by atoms with Crippen LogP contribution in [0.4, 0.5) is 5.69 Å². The number of thiophene rings is 1. The van der Waals surface area contributed by atoms with Crippen molar-refractivity contribution in [3.63, 3.8) is 0 Å². The number of sulfonamides is 1. The molecule has 0 atom stereocenters. The van der Waals surface area contributed by atoms with Crippen LogP contribution in [-0.4, -0.2) is 14.7 Å². The SMILES string of the molecule is CSc1ccccc1NS(=O)(=O)c1cc(CN)sc1C. The lowest BCUT2D eigenvalue weighted by Gasteiger charge is -2.10. The molecule has 1 aromatic carbocycles. The molecule has 0 aliphatic carbocycles. The first-order valence-corrected chi connectivity index (χ1v) is 9.45. The van der Waals surface area contributed by atoms with E-state index >= 15 is 0 Å². The predicted octanol–water partition coefficient (Wildman–Crippen LogP) is 3.04. The molecule has 0 spiro atoms. The van der Waals surface area contributed by atoms with Crippen LogP contribution in [0.2, 0.25) is 0 Å². The Balaban J connectivity index is 2.38. The monoisotopic (exact) mass is 328 g/mol. The van der Waals surface area contributed by atoms with Crippen molar-refractivity contribution in [1.29, 1.82) is 0 Å². The lowest BCUT2D eigenvalue weighted by molar-refractivity contribution is 0.601. The van der Waals surface area contributed by atoms with Crippen LogP contribution in [-0.2, 0) is 16.6 Å². The molecule has 4 nitrogen and oxygen atoms in total. The highest BCUT2D eigenvalue weighted by atomic mass is 32.2. The normalized spacial score (nSPS) is 11.6.